The maximum absolute atomic E-state index is 11.2. The van der Waals surface area contributed by atoms with Gasteiger partial charge in [0, 0.05) is 30.8 Å². The van der Waals surface area contributed by atoms with E-state index in [0.29, 0.717) is 18.2 Å². The molecule has 1 unspecified atom stereocenters. The summed E-state index contributed by atoms with van der Waals surface area (Å²) in [5.74, 6) is 0.301. The van der Waals surface area contributed by atoms with Gasteiger partial charge in [-0.3, -0.25) is 4.79 Å². The van der Waals surface area contributed by atoms with Crippen molar-refractivity contribution in [2.75, 3.05) is 6.54 Å². The van der Waals surface area contributed by atoms with E-state index < -0.39 is 0 Å². The summed E-state index contributed by atoms with van der Waals surface area (Å²) in [5, 5.41) is 0. The molecule has 0 spiro atoms. The lowest BCUT2D eigenvalue weighted by molar-refractivity contribution is -0.114. The van der Waals surface area contributed by atoms with Crippen LogP contribution < -0.4 is 0 Å². The summed E-state index contributed by atoms with van der Waals surface area (Å²) in [6.45, 7) is 7.77. The molecule has 0 aromatic heterocycles. The summed E-state index contributed by atoms with van der Waals surface area (Å²) in [6.07, 6.45) is 7.10. The van der Waals surface area contributed by atoms with Gasteiger partial charge in [0.15, 0.2) is 5.78 Å². The van der Waals surface area contributed by atoms with Crippen LogP contribution in [0, 0.1) is 0 Å². The van der Waals surface area contributed by atoms with Crippen LogP contribution in [0.2, 0.25) is 0 Å². The van der Waals surface area contributed by atoms with Gasteiger partial charge in [0.25, 0.3) is 0 Å². The quantitative estimate of drug-likeness (QED) is 0.670. The topological polar surface area (TPSA) is 20.3 Å². The zero-order valence-electron chi connectivity index (χ0n) is 10.3. The number of carbonyl (C=O) groups excluding carboxylic acids is 1. The predicted octanol–water partition coefficient (Wildman–Crippen LogP) is 3.13. The molecule has 15 heavy (non-hydrogen) atoms. The third kappa shape index (κ3) is 3.37. The van der Waals surface area contributed by atoms with Gasteiger partial charge >= 0.3 is 0 Å². The summed E-state index contributed by atoms with van der Waals surface area (Å²) in [7, 11) is 0. The number of carbonyl (C=O) groups is 1. The molecule has 0 aliphatic heterocycles. The number of rotatable bonds is 6. The molecule has 1 atom stereocenters. The zero-order valence-corrected chi connectivity index (χ0v) is 10.3. The van der Waals surface area contributed by atoms with E-state index in [-0.39, 0.29) is 0 Å². The molecule has 0 fully saturated rings. The fraction of sp³-hybridized carbons (Fsp3) is 0.769. The van der Waals surface area contributed by atoms with Crippen molar-refractivity contribution >= 4 is 5.78 Å². The molecule has 0 aromatic carbocycles. The van der Waals surface area contributed by atoms with Gasteiger partial charge in [-0.05, 0) is 26.2 Å². The first-order chi connectivity index (χ1) is 7.19. The SMILES string of the molecule is CCCCN(C1=CC(=O)CC1)C(C)CC. The molecule has 0 saturated carbocycles. The van der Waals surface area contributed by atoms with Gasteiger partial charge in [0.05, 0.1) is 0 Å². The summed E-state index contributed by atoms with van der Waals surface area (Å²) in [5.41, 5.74) is 1.27. The Morgan fingerprint density at radius 1 is 1.40 bits per heavy atom. The molecule has 0 saturated heterocycles. The third-order valence-electron chi connectivity index (χ3n) is 3.20. The van der Waals surface area contributed by atoms with E-state index in [0.717, 1.165) is 19.4 Å². The highest BCUT2D eigenvalue weighted by Crippen LogP contribution is 2.23. The van der Waals surface area contributed by atoms with Crippen LogP contribution in [0.1, 0.15) is 52.9 Å². The van der Waals surface area contributed by atoms with Gasteiger partial charge in [0.2, 0.25) is 0 Å². The largest absolute Gasteiger partial charge is 0.372 e. The van der Waals surface area contributed by atoms with Crippen molar-refractivity contribution in [3.63, 3.8) is 0 Å². The Labute approximate surface area is 93.3 Å². The Hall–Kier alpha value is -0.790. The second-order valence-electron chi connectivity index (χ2n) is 4.41. The van der Waals surface area contributed by atoms with E-state index in [1.807, 2.05) is 6.08 Å². The summed E-state index contributed by atoms with van der Waals surface area (Å²) in [6, 6.07) is 0.564. The number of hydrogen-bond acceptors (Lipinski definition) is 2. The Kier molecular flexibility index (Phi) is 4.86. The maximum Gasteiger partial charge on any atom is 0.157 e. The van der Waals surface area contributed by atoms with Crippen LogP contribution >= 0.6 is 0 Å². The molecule has 0 bridgehead atoms. The Morgan fingerprint density at radius 2 is 2.13 bits per heavy atom. The number of nitrogens with zero attached hydrogens (tertiary/aromatic N) is 1. The minimum absolute atomic E-state index is 0.301. The van der Waals surface area contributed by atoms with Gasteiger partial charge in [-0.1, -0.05) is 20.3 Å². The fourth-order valence-corrected chi connectivity index (χ4v) is 2.00. The van der Waals surface area contributed by atoms with E-state index in [1.54, 1.807) is 0 Å². The Balaban J connectivity index is 2.63. The highest BCUT2D eigenvalue weighted by Gasteiger charge is 2.20. The molecule has 1 rings (SSSR count). The molecule has 2 heteroatoms. The van der Waals surface area contributed by atoms with E-state index in [9.17, 15) is 4.79 Å². The number of ketones is 1. The molecule has 2 nitrogen and oxygen atoms in total. The first-order valence-corrected chi connectivity index (χ1v) is 6.19. The Morgan fingerprint density at radius 3 is 2.60 bits per heavy atom. The van der Waals surface area contributed by atoms with Gasteiger partial charge < -0.3 is 4.90 Å². The number of allylic oxidation sites excluding steroid dienone is 2. The molecule has 1 aliphatic carbocycles. The van der Waals surface area contributed by atoms with Crippen molar-refractivity contribution in [3.8, 4) is 0 Å². The van der Waals surface area contributed by atoms with Crippen LogP contribution in [0.4, 0.5) is 0 Å². The van der Waals surface area contributed by atoms with E-state index in [1.165, 1.54) is 18.5 Å². The zero-order chi connectivity index (χ0) is 11.3. The Bertz CT molecular complexity index is 245. The van der Waals surface area contributed by atoms with Crippen LogP contribution in [-0.2, 0) is 4.79 Å². The van der Waals surface area contributed by atoms with Gasteiger partial charge in [0.1, 0.15) is 0 Å². The minimum Gasteiger partial charge on any atom is -0.372 e. The van der Waals surface area contributed by atoms with Crippen LogP contribution in [0.25, 0.3) is 0 Å². The highest BCUT2D eigenvalue weighted by molar-refractivity contribution is 5.92. The average Bonchev–Trinajstić information content (AvgIpc) is 2.65. The highest BCUT2D eigenvalue weighted by atomic mass is 16.1. The standard InChI is InChI=1S/C13H23NO/c1-4-6-9-14(11(3)5-2)12-7-8-13(15)10-12/h10-11H,4-9H2,1-3H3. The lowest BCUT2D eigenvalue weighted by Crippen LogP contribution is -2.32. The van der Waals surface area contributed by atoms with Crippen molar-refractivity contribution in [3.05, 3.63) is 11.8 Å². The summed E-state index contributed by atoms with van der Waals surface area (Å²) < 4.78 is 0. The molecule has 0 radical (unpaired) electrons. The fourth-order valence-electron chi connectivity index (χ4n) is 2.00. The normalized spacial score (nSPS) is 17.8. The lowest BCUT2D eigenvalue weighted by Gasteiger charge is -2.31. The van der Waals surface area contributed by atoms with Crippen molar-refractivity contribution in [2.24, 2.45) is 0 Å². The van der Waals surface area contributed by atoms with Gasteiger partial charge in [-0.2, -0.15) is 0 Å². The second kappa shape index (κ2) is 5.94. The van der Waals surface area contributed by atoms with Crippen molar-refractivity contribution in [2.45, 2.75) is 58.9 Å². The summed E-state index contributed by atoms with van der Waals surface area (Å²) >= 11 is 0. The predicted molar refractivity (Wildman–Crippen MR) is 63.7 cm³/mol. The summed E-state index contributed by atoms with van der Waals surface area (Å²) in [4.78, 5) is 13.7. The van der Waals surface area contributed by atoms with Crippen molar-refractivity contribution < 1.29 is 4.79 Å². The first-order valence-electron chi connectivity index (χ1n) is 6.19. The number of unbranched alkanes of at least 4 members (excludes halogenated alkanes) is 1. The van der Waals surface area contributed by atoms with Gasteiger partial charge in [-0.25, -0.2) is 0 Å². The average molecular weight is 209 g/mol. The molecular weight excluding hydrogens is 186 g/mol. The van der Waals surface area contributed by atoms with Crippen LogP contribution in [0.5, 0.6) is 0 Å². The van der Waals surface area contributed by atoms with Crippen LogP contribution in [-0.4, -0.2) is 23.3 Å². The van der Waals surface area contributed by atoms with Crippen molar-refractivity contribution in [1.82, 2.24) is 4.90 Å². The molecule has 86 valence electrons. The second-order valence-corrected chi connectivity index (χ2v) is 4.41. The lowest BCUT2D eigenvalue weighted by atomic mass is 10.1. The van der Waals surface area contributed by atoms with E-state index in [4.69, 9.17) is 0 Å². The molecule has 0 amide bonds. The minimum atomic E-state index is 0.301. The monoisotopic (exact) mass is 209 g/mol. The van der Waals surface area contributed by atoms with Gasteiger partial charge in [-0.15, -0.1) is 0 Å². The first kappa shape index (κ1) is 12.3. The molecule has 0 aromatic rings. The molecular formula is C13H23NO. The van der Waals surface area contributed by atoms with E-state index in [2.05, 4.69) is 25.7 Å². The third-order valence-corrected chi connectivity index (χ3v) is 3.20. The van der Waals surface area contributed by atoms with Crippen molar-refractivity contribution in [1.29, 1.82) is 0 Å². The van der Waals surface area contributed by atoms with E-state index >= 15 is 0 Å². The molecule has 1 aliphatic rings. The maximum atomic E-state index is 11.2. The smallest absolute Gasteiger partial charge is 0.157 e. The van der Waals surface area contributed by atoms with Crippen LogP contribution in [0.3, 0.4) is 0 Å². The number of hydrogen-bond donors (Lipinski definition) is 0. The molecule has 0 heterocycles. The van der Waals surface area contributed by atoms with Crippen LogP contribution in [0.15, 0.2) is 11.8 Å². The molecule has 0 N–H and O–H groups in total.